The molecule has 1 rings (SSSR count). The zero-order valence-corrected chi connectivity index (χ0v) is 13.2. The highest BCUT2D eigenvalue weighted by molar-refractivity contribution is 7.71. The van der Waals surface area contributed by atoms with Crippen molar-refractivity contribution in [1.82, 2.24) is 14.5 Å². The summed E-state index contributed by atoms with van der Waals surface area (Å²) < 4.78 is 3.18. The van der Waals surface area contributed by atoms with E-state index in [1.54, 1.807) is 0 Å². The van der Waals surface area contributed by atoms with Crippen LogP contribution in [0.25, 0.3) is 0 Å². The molecule has 0 radical (unpaired) electrons. The number of nitrogens with one attached hydrogen (secondary N) is 1. The van der Waals surface area contributed by atoms with Crippen LogP contribution in [0.4, 0.5) is 0 Å². The maximum atomic E-state index is 12.2. The molecule has 0 saturated heterocycles. The highest BCUT2D eigenvalue weighted by Gasteiger charge is 2.13. The van der Waals surface area contributed by atoms with Crippen molar-refractivity contribution in [2.45, 2.75) is 33.9 Å². The Morgan fingerprint density at radius 2 is 2.00 bits per heavy atom. The monoisotopic (exact) mass is 312 g/mol. The Labute approximate surface area is 127 Å². The first-order valence-corrected chi connectivity index (χ1v) is 7.15. The quantitative estimate of drug-likeness (QED) is 0.459. The highest BCUT2D eigenvalue weighted by atomic mass is 32.1. The third kappa shape index (κ3) is 4.01. The Morgan fingerprint density at radius 3 is 2.52 bits per heavy atom. The largest absolute Gasteiger partial charge is 0.494 e. The Morgan fingerprint density at radius 1 is 1.38 bits per heavy atom. The number of carbonyl (C=O) groups is 1. The van der Waals surface area contributed by atoms with E-state index >= 15 is 0 Å². The summed E-state index contributed by atoms with van der Waals surface area (Å²) in [6, 6.07) is 0. The number of carbonyl (C=O) groups excluding carboxylic acids is 1. The molecule has 0 aliphatic carbocycles. The fourth-order valence-electron chi connectivity index (χ4n) is 1.84. The van der Waals surface area contributed by atoms with Gasteiger partial charge in [0, 0.05) is 32.8 Å². The number of rotatable bonds is 6. The molecule has 7 nitrogen and oxygen atoms in total. The Bertz CT molecular complexity index is 661. The van der Waals surface area contributed by atoms with Crippen molar-refractivity contribution >= 4 is 24.3 Å². The highest BCUT2D eigenvalue weighted by Crippen LogP contribution is 2.12. The van der Waals surface area contributed by atoms with Crippen LogP contribution in [-0.2, 0) is 17.9 Å². The van der Waals surface area contributed by atoms with Crippen LogP contribution in [0.5, 0.6) is 5.88 Å². The van der Waals surface area contributed by atoms with Crippen LogP contribution in [0, 0.1) is 4.77 Å². The lowest BCUT2D eigenvalue weighted by Gasteiger charge is -2.13. The van der Waals surface area contributed by atoms with Gasteiger partial charge >= 0.3 is 0 Å². The molecule has 8 heteroatoms. The number of hydrogen-bond acceptors (Lipinski definition) is 5. The number of aromatic nitrogens is 2. The van der Waals surface area contributed by atoms with E-state index in [0.717, 1.165) is 0 Å². The minimum absolute atomic E-state index is 0.107. The van der Waals surface area contributed by atoms with Gasteiger partial charge in [0.15, 0.2) is 4.77 Å². The third-order valence-corrected chi connectivity index (χ3v) is 3.34. The van der Waals surface area contributed by atoms with Crippen molar-refractivity contribution in [3.63, 3.8) is 0 Å². The van der Waals surface area contributed by atoms with E-state index in [4.69, 9.17) is 12.2 Å². The van der Waals surface area contributed by atoms with E-state index in [0.29, 0.717) is 26.2 Å². The van der Waals surface area contributed by atoms with Gasteiger partial charge in [0.1, 0.15) is 5.56 Å². The first-order chi connectivity index (χ1) is 9.93. The smallest absolute Gasteiger partial charge is 0.267 e. The van der Waals surface area contributed by atoms with Crippen molar-refractivity contribution in [2.24, 2.45) is 4.99 Å². The summed E-state index contributed by atoms with van der Waals surface area (Å²) in [6.07, 6.45) is 1.33. The first kappa shape index (κ1) is 17.1. The molecule has 0 unspecified atom stereocenters. The molecular formula is C13H20N4O3S. The Kier molecular flexibility index (Phi) is 6.29. The molecule has 116 valence electrons. The SMILES string of the molecule is CCn1c(O)c(C=NCCNC(C)=O)c(=O)n(CC)c1=S. The summed E-state index contributed by atoms with van der Waals surface area (Å²) in [5.41, 5.74) is -0.261. The minimum atomic E-state index is -0.368. The minimum Gasteiger partial charge on any atom is -0.494 e. The van der Waals surface area contributed by atoms with Gasteiger partial charge in [0.25, 0.3) is 5.56 Å². The van der Waals surface area contributed by atoms with E-state index in [1.807, 2.05) is 13.8 Å². The molecule has 1 aromatic heterocycles. The van der Waals surface area contributed by atoms with Crippen molar-refractivity contribution in [2.75, 3.05) is 13.1 Å². The van der Waals surface area contributed by atoms with Gasteiger partial charge in [-0.15, -0.1) is 0 Å². The van der Waals surface area contributed by atoms with E-state index in [2.05, 4.69) is 10.3 Å². The molecular weight excluding hydrogens is 292 g/mol. The van der Waals surface area contributed by atoms with Crippen molar-refractivity contribution in [3.8, 4) is 5.88 Å². The number of aromatic hydroxyl groups is 1. The summed E-state index contributed by atoms with van der Waals surface area (Å²) in [5.74, 6) is -0.318. The molecule has 2 N–H and O–H groups in total. The van der Waals surface area contributed by atoms with Crippen LogP contribution in [0.2, 0.25) is 0 Å². The summed E-state index contributed by atoms with van der Waals surface area (Å²) in [4.78, 5) is 27.0. The number of amides is 1. The first-order valence-electron chi connectivity index (χ1n) is 6.74. The Balaban J connectivity index is 3.12. The molecule has 0 aromatic carbocycles. The number of nitrogens with zero attached hydrogens (tertiary/aromatic N) is 3. The fourth-order valence-corrected chi connectivity index (χ4v) is 2.27. The van der Waals surface area contributed by atoms with Gasteiger partial charge in [-0.25, -0.2) is 0 Å². The van der Waals surface area contributed by atoms with Crippen LogP contribution in [0.3, 0.4) is 0 Å². The lowest BCUT2D eigenvalue weighted by molar-refractivity contribution is -0.118. The summed E-state index contributed by atoms with van der Waals surface area (Å²) in [6.45, 7) is 6.64. The van der Waals surface area contributed by atoms with Gasteiger partial charge < -0.3 is 10.4 Å². The van der Waals surface area contributed by atoms with Crippen LogP contribution in [0.1, 0.15) is 26.3 Å². The molecule has 0 bridgehead atoms. The van der Waals surface area contributed by atoms with Crippen molar-refractivity contribution < 1.29 is 9.90 Å². The lowest BCUT2D eigenvalue weighted by Crippen LogP contribution is -2.28. The predicted molar refractivity (Wildman–Crippen MR) is 83.7 cm³/mol. The summed E-state index contributed by atoms with van der Waals surface area (Å²) in [5, 5.41) is 12.7. The molecule has 0 aliphatic heterocycles. The van der Waals surface area contributed by atoms with Gasteiger partial charge in [-0.1, -0.05) is 0 Å². The summed E-state index contributed by atoms with van der Waals surface area (Å²) in [7, 11) is 0. The van der Waals surface area contributed by atoms with E-state index in [-0.39, 0.29) is 27.7 Å². The van der Waals surface area contributed by atoms with Crippen molar-refractivity contribution in [1.29, 1.82) is 0 Å². The van der Waals surface area contributed by atoms with E-state index in [1.165, 1.54) is 22.3 Å². The standard InChI is InChI=1S/C13H20N4O3S/c1-4-16-11(19)10(8-14-6-7-15-9(3)18)12(20)17(5-2)13(16)21/h8,19H,4-7H2,1-3H3,(H,15,18). The Hall–Kier alpha value is -1.96. The molecule has 0 saturated carbocycles. The second kappa shape index (κ2) is 7.72. The van der Waals surface area contributed by atoms with Crippen LogP contribution in [0.15, 0.2) is 9.79 Å². The molecule has 1 amide bonds. The van der Waals surface area contributed by atoms with Crippen LogP contribution < -0.4 is 10.9 Å². The van der Waals surface area contributed by atoms with Crippen LogP contribution >= 0.6 is 12.2 Å². The molecule has 0 spiro atoms. The van der Waals surface area contributed by atoms with Gasteiger partial charge in [0.2, 0.25) is 11.8 Å². The van der Waals surface area contributed by atoms with Gasteiger partial charge in [0.05, 0.1) is 6.54 Å². The second-order valence-corrected chi connectivity index (χ2v) is 4.70. The average molecular weight is 312 g/mol. The molecule has 0 aliphatic rings. The normalized spacial score (nSPS) is 11.0. The summed E-state index contributed by atoms with van der Waals surface area (Å²) >= 11 is 5.18. The van der Waals surface area contributed by atoms with Crippen molar-refractivity contribution in [3.05, 3.63) is 20.7 Å². The van der Waals surface area contributed by atoms with Crippen LogP contribution in [-0.4, -0.2) is 39.5 Å². The fraction of sp³-hybridized carbons (Fsp3) is 0.538. The molecule has 1 heterocycles. The zero-order chi connectivity index (χ0) is 16.0. The number of hydrogen-bond donors (Lipinski definition) is 2. The topological polar surface area (TPSA) is 88.6 Å². The molecule has 1 aromatic rings. The maximum Gasteiger partial charge on any atom is 0.267 e. The van der Waals surface area contributed by atoms with Gasteiger partial charge in [-0.05, 0) is 26.1 Å². The number of aliphatic imine (C=N–C) groups is 1. The maximum absolute atomic E-state index is 12.2. The van der Waals surface area contributed by atoms with Gasteiger partial charge in [-0.2, -0.15) is 0 Å². The predicted octanol–water partition coefficient (Wildman–Crippen LogP) is 0.680. The molecule has 0 fully saturated rings. The molecule has 21 heavy (non-hydrogen) atoms. The lowest BCUT2D eigenvalue weighted by atomic mass is 10.3. The van der Waals surface area contributed by atoms with E-state index in [9.17, 15) is 14.7 Å². The third-order valence-electron chi connectivity index (χ3n) is 2.90. The van der Waals surface area contributed by atoms with E-state index < -0.39 is 0 Å². The molecule has 0 atom stereocenters. The average Bonchev–Trinajstić information content (AvgIpc) is 2.42. The van der Waals surface area contributed by atoms with Gasteiger partial charge in [-0.3, -0.25) is 23.7 Å². The zero-order valence-electron chi connectivity index (χ0n) is 12.4. The second-order valence-electron chi connectivity index (χ2n) is 4.33.